The van der Waals surface area contributed by atoms with Crippen molar-refractivity contribution in [2.45, 2.75) is 24.3 Å². The Morgan fingerprint density at radius 3 is 2.79 bits per heavy atom. The normalized spacial score (nSPS) is 21.5. The van der Waals surface area contributed by atoms with Crippen LogP contribution in [0.4, 0.5) is 11.4 Å². The number of ether oxygens (including phenoxy) is 2. The number of amides is 2. The molecule has 0 aromatic heterocycles. The smallest absolute Gasteiger partial charge is 0.241 e. The van der Waals surface area contributed by atoms with Crippen LogP contribution in [0, 0.1) is 0 Å². The van der Waals surface area contributed by atoms with Gasteiger partial charge in [0.25, 0.3) is 0 Å². The number of carbonyl (C=O) groups is 2. The predicted molar refractivity (Wildman–Crippen MR) is 125 cm³/mol. The molecule has 2 atom stereocenters. The van der Waals surface area contributed by atoms with Crippen LogP contribution < -0.4 is 25.4 Å². The third kappa shape index (κ3) is 4.81. The molecule has 9 nitrogen and oxygen atoms in total. The Hall–Kier alpha value is -3.11. The van der Waals surface area contributed by atoms with E-state index in [2.05, 4.69) is 16.0 Å². The van der Waals surface area contributed by atoms with Gasteiger partial charge in [-0.25, -0.2) is 8.42 Å². The number of rotatable bonds is 8. The molecule has 4 rings (SSSR count). The fourth-order valence-corrected chi connectivity index (χ4v) is 4.97. The maximum absolute atomic E-state index is 13.0. The second-order valence-corrected chi connectivity index (χ2v) is 10.7. The quantitative estimate of drug-likeness (QED) is 0.499. The van der Waals surface area contributed by atoms with Gasteiger partial charge < -0.3 is 25.4 Å². The van der Waals surface area contributed by atoms with Crippen LogP contribution in [0.25, 0.3) is 0 Å². The van der Waals surface area contributed by atoms with Crippen molar-refractivity contribution in [3.8, 4) is 11.5 Å². The van der Waals surface area contributed by atoms with E-state index in [0.29, 0.717) is 36.6 Å². The zero-order chi connectivity index (χ0) is 23.6. The number of nitrogens with one attached hydrogen (secondary N) is 3. The van der Waals surface area contributed by atoms with E-state index in [1.807, 2.05) is 24.3 Å². The molecule has 0 aliphatic carbocycles. The van der Waals surface area contributed by atoms with E-state index in [1.165, 1.54) is 13.4 Å². The van der Waals surface area contributed by atoms with E-state index in [1.54, 1.807) is 18.2 Å². The van der Waals surface area contributed by atoms with Crippen molar-refractivity contribution < 1.29 is 27.5 Å². The van der Waals surface area contributed by atoms with Crippen LogP contribution in [0.2, 0.25) is 0 Å². The minimum Gasteiger partial charge on any atom is -0.494 e. The van der Waals surface area contributed by atoms with Crippen LogP contribution >= 0.6 is 0 Å². The minimum atomic E-state index is -3.03. The summed E-state index contributed by atoms with van der Waals surface area (Å²) in [6.45, 7) is 0.630. The van der Waals surface area contributed by atoms with Crippen LogP contribution in [-0.2, 0) is 24.8 Å². The third-order valence-electron chi connectivity index (χ3n) is 6.00. The molecule has 33 heavy (non-hydrogen) atoms. The van der Waals surface area contributed by atoms with Crippen molar-refractivity contribution in [1.82, 2.24) is 5.32 Å². The number of benzene rings is 2. The van der Waals surface area contributed by atoms with Gasteiger partial charge in [0.1, 0.15) is 21.3 Å². The minimum absolute atomic E-state index is 0.0522. The van der Waals surface area contributed by atoms with E-state index in [0.717, 1.165) is 11.3 Å². The SMILES string of the molecule is COc1cc(OCCCS(C)(=O)=O)ccc1NC(=O)C1CC2(CN1)C(=O)Nc1ccccc12. The van der Waals surface area contributed by atoms with Crippen LogP contribution in [0.15, 0.2) is 42.5 Å². The molecule has 10 heteroatoms. The summed E-state index contributed by atoms with van der Waals surface area (Å²) in [6, 6.07) is 12.0. The predicted octanol–water partition coefficient (Wildman–Crippen LogP) is 1.70. The summed E-state index contributed by atoms with van der Waals surface area (Å²) in [6.07, 6.45) is 1.92. The van der Waals surface area contributed by atoms with E-state index in [-0.39, 0.29) is 24.2 Å². The van der Waals surface area contributed by atoms with Crippen molar-refractivity contribution >= 4 is 33.0 Å². The topological polar surface area (TPSA) is 123 Å². The number of hydrogen-bond acceptors (Lipinski definition) is 7. The maximum atomic E-state index is 13.0. The Morgan fingerprint density at radius 2 is 2.03 bits per heavy atom. The highest BCUT2D eigenvalue weighted by atomic mass is 32.2. The van der Waals surface area contributed by atoms with Gasteiger partial charge in [-0.2, -0.15) is 0 Å². The Bertz CT molecular complexity index is 1180. The van der Waals surface area contributed by atoms with Gasteiger partial charge in [0, 0.05) is 24.6 Å². The molecule has 2 heterocycles. The summed E-state index contributed by atoms with van der Waals surface area (Å²) in [5.41, 5.74) is 1.42. The van der Waals surface area contributed by atoms with Gasteiger partial charge in [-0.3, -0.25) is 9.59 Å². The molecular weight excluding hydrogens is 446 g/mol. The molecular formula is C23H27N3O6S. The lowest BCUT2D eigenvalue weighted by Crippen LogP contribution is -2.36. The van der Waals surface area contributed by atoms with Crippen molar-refractivity contribution in [3.05, 3.63) is 48.0 Å². The fraction of sp³-hybridized carbons (Fsp3) is 0.391. The van der Waals surface area contributed by atoms with E-state index < -0.39 is 21.3 Å². The molecule has 2 unspecified atom stereocenters. The summed E-state index contributed by atoms with van der Waals surface area (Å²) in [4.78, 5) is 25.7. The molecule has 2 aromatic rings. The van der Waals surface area contributed by atoms with Gasteiger partial charge in [-0.15, -0.1) is 0 Å². The zero-order valence-corrected chi connectivity index (χ0v) is 19.3. The molecule has 0 saturated carbocycles. The van der Waals surface area contributed by atoms with Crippen molar-refractivity contribution in [1.29, 1.82) is 0 Å². The number of sulfone groups is 1. The van der Waals surface area contributed by atoms with Gasteiger partial charge in [0.05, 0.1) is 36.6 Å². The standard InChI is InChI=1S/C23H27N3O6S/c1-31-20-12-15(32-10-5-11-33(2,29)30)8-9-18(20)25-21(27)19-13-23(14-24-19)16-6-3-4-7-17(16)26-22(23)28/h3-4,6-9,12,19,24H,5,10-11,13-14H2,1-2H3,(H,25,27)(H,26,28). The van der Waals surface area contributed by atoms with E-state index in [4.69, 9.17) is 9.47 Å². The first kappa shape index (κ1) is 23.1. The first-order valence-corrected chi connectivity index (χ1v) is 12.7. The summed E-state index contributed by atoms with van der Waals surface area (Å²) < 4.78 is 33.4. The highest BCUT2D eigenvalue weighted by molar-refractivity contribution is 7.90. The highest BCUT2D eigenvalue weighted by Crippen LogP contribution is 2.43. The number of anilines is 2. The first-order chi connectivity index (χ1) is 15.7. The van der Waals surface area contributed by atoms with Crippen LogP contribution in [0.1, 0.15) is 18.4 Å². The molecule has 2 aliphatic rings. The third-order valence-corrected chi connectivity index (χ3v) is 7.03. The fourth-order valence-electron chi connectivity index (χ4n) is 4.32. The zero-order valence-electron chi connectivity index (χ0n) is 18.5. The van der Waals surface area contributed by atoms with E-state index >= 15 is 0 Å². The van der Waals surface area contributed by atoms with Crippen LogP contribution in [0.5, 0.6) is 11.5 Å². The van der Waals surface area contributed by atoms with E-state index in [9.17, 15) is 18.0 Å². The van der Waals surface area contributed by atoms with Crippen molar-refractivity contribution in [2.24, 2.45) is 0 Å². The molecule has 2 aliphatic heterocycles. The lowest BCUT2D eigenvalue weighted by atomic mass is 9.79. The van der Waals surface area contributed by atoms with Crippen molar-refractivity contribution in [2.75, 3.05) is 42.9 Å². The number of para-hydroxylation sites is 1. The first-order valence-electron chi connectivity index (χ1n) is 10.7. The molecule has 176 valence electrons. The Kier molecular flexibility index (Phi) is 6.31. The summed E-state index contributed by atoms with van der Waals surface area (Å²) in [5, 5.41) is 8.97. The molecule has 2 aromatic carbocycles. The largest absolute Gasteiger partial charge is 0.494 e. The summed E-state index contributed by atoms with van der Waals surface area (Å²) in [5.74, 6) is 0.623. The van der Waals surface area contributed by atoms with Crippen LogP contribution in [-0.4, -0.2) is 58.5 Å². The summed E-state index contributed by atoms with van der Waals surface area (Å²) in [7, 11) is -1.54. The van der Waals surface area contributed by atoms with Crippen molar-refractivity contribution in [3.63, 3.8) is 0 Å². The Balaban J connectivity index is 1.40. The molecule has 1 spiro atoms. The number of hydrogen-bond donors (Lipinski definition) is 3. The molecule has 0 radical (unpaired) electrons. The van der Waals surface area contributed by atoms with Gasteiger partial charge in [-0.1, -0.05) is 18.2 Å². The Labute approximate surface area is 192 Å². The average molecular weight is 474 g/mol. The highest BCUT2D eigenvalue weighted by Gasteiger charge is 2.52. The molecule has 3 N–H and O–H groups in total. The van der Waals surface area contributed by atoms with Crippen LogP contribution in [0.3, 0.4) is 0 Å². The lowest BCUT2D eigenvalue weighted by molar-refractivity contribution is -0.120. The summed E-state index contributed by atoms with van der Waals surface area (Å²) >= 11 is 0. The molecule has 0 bridgehead atoms. The monoisotopic (exact) mass is 473 g/mol. The van der Waals surface area contributed by atoms with Gasteiger partial charge in [0.2, 0.25) is 11.8 Å². The second-order valence-electron chi connectivity index (χ2n) is 8.40. The number of carbonyl (C=O) groups excluding carboxylic acids is 2. The number of methoxy groups -OCH3 is 1. The van der Waals surface area contributed by atoms with Gasteiger partial charge in [-0.05, 0) is 36.6 Å². The maximum Gasteiger partial charge on any atom is 0.241 e. The average Bonchev–Trinajstić information content (AvgIpc) is 3.34. The lowest BCUT2D eigenvalue weighted by Gasteiger charge is -2.20. The molecule has 1 saturated heterocycles. The second kappa shape index (κ2) is 9.03. The number of fused-ring (bicyclic) bond motifs is 2. The Morgan fingerprint density at radius 1 is 1.24 bits per heavy atom. The molecule has 1 fully saturated rings. The van der Waals surface area contributed by atoms with Gasteiger partial charge >= 0.3 is 0 Å². The molecule has 2 amide bonds. The van der Waals surface area contributed by atoms with Gasteiger partial charge in [0.15, 0.2) is 0 Å².